The lowest BCUT2D eigenvalue weighted by molar-refractivity contribution is -0.160. The molecule has 0 aromatic heterocycles. The molecule has 3 amide bonds. The van der Waals surface area contributed by atoms with E-state index in [4.69, 9.17) is 30.5 Å². The van der Waals surface area contributed by atoms with Crippen molar-refractivity contribution in [3.8, 4) is 5.75 Å². The zero-order chi connectivity index (χ0) is 34.8. The van der Waals surface area contributed by atoms with Crippen LogP contribution in [0.3, 0.4) is 0 Å². The molecule has 3 aliphatic heterocycles. The van der Waals surface area contributed by atoms with Crippen LogP contribution in [-0.4, -0.2) is 98.2 Å². The Kier molecular flexibility index (Phi) is 11.1. The second kappa shape index (κ2) is 14.3. The summed E-state index contributed by atoms with van der Waals surface area (Å²) in [7, 11) is 6.01. The van der Waals surface area contributed by atoms with Crippen LogP contribution in [0.5, 0.6) is 5.75 Å². The number of piperidine rings is 1. The normalized spacial score (nSPS) is 33.8. The lowest BCUT2D eigenvalue weighted by Crippen LogP contribution is -2.61. The minimum Gasteiger partial charge on any atom is -0.495 e. The zero-order valence-corrected chi connectivity index (χ0v) is 29.0. The smallest absolute Gasteiger partial charge is 0.328 e. The van der Waals surface area contributed by atoms with Crippen LogP contribution >= 0.6 is 11.6 Å². The van der Waals surface area contributed by atoms with Gasteiger partial charge in [-0.05, 0) is 56.7 Å². The average molecular weight is 676 g/mol. The van der Waals surface area contributed by atoms with Gasteiger partial charge >= 0.3 is 5.97 Å². The predicted octanol–water partition coefficient (Wildman–Crippen LogP) is 3.17. The molecule has 4 rings (SSSR count). The van der Waals surface area contributed by atoms with Gasteiger partial charge in [0, 0.05) is 34.0 Å². The molecule has 3 aliphatic rings. The van der Waals surface area contributed by atoms with Crippen LogP contribution in [0.15, 0.2) is 35.9 Å². The van der Waals surface area contributed by atoms with Crippen molar-refractivity contribution >= 4 is 41.5 Å². The number of benzene rings is 1. The minimum atomic E-state index is -1.69. The molecule has 4 bridgehead atoms. The number of allylic oxidation sites excluding steroid dienone is 3. The fourth-order valence-corrected chi connectivity index (χ4v) is 6.86. The number of halogens is 1. The molecule has 47 heavy (non-hydrogen) atoms. The Hall–Kier alpha value is -3.45. The van der Waals surface area contributed by atoms with Gasteiger partial charge in [0.15, 0.2) is 5.72 Å². The van der Waals surface area contributed by atoms with E-state index in [0.717, 1.165) is 11.1 Å². The van der Waals surface area contributed by atoms with Gasteiger partial charge in [-0.1, -0.05) is 42.3 Å². The van der Waals surface area contributed by atoms with Crippen LogP contribution in [0.2, 0.25) is 5.02 Å². The van der Waals surface area contributed by atoms with Gasteiger partial charge in [-0.3, -0.25) is 14.4 Å². The van der Waals surface area contributed by atoms with Crippen molar-refractivity contribution in [2.24, 2.45) is 11.8 Å². The summed E-state index contributed by atoms with van der Waals surface area (Å²) in [4.78, 5) is 54.1. The fourth-order valence-electron chi connectivity index (χ4n) is 6.54. The summed E-state index contributed by atoms with van der Waals surface area (Å²) in [6.07, 6.45) is 4.02. The summed E-state index contributed by atoms with van der Waals surface area (Å²) in [5, 5.41) is 14.7. The van der Waals surface area contributed by atoms with Gasteiger partial charge in [0.25, 0.3) is 0 Å². The molecule has 1 aromatic rings. The summed E-state index contributed by atoms with van der Waals surface area (Å²) in [6, 6.07) is 2.69. The maximum Gasteiger partial charge on any atom is 0.328 e. The van der Waals surface area contributed by atoms with Crippen molar-refractivity contribution in [3.63, 3.8) is 0 Å². The molecule has 1 aromatic carbocycles. The number of carbonyl (C=O) groups excluding carboxylic acids is 4. The van der Waals surface area contributed by atoms with E-state index in [2.05, 4.69) is 5.32 Å². The SMILES string of the molecule is COc1cc2cc(c1Cl)N(C)C(=O)CC(OC(=O)[C@H](C)N(C)C=O)C1(C)OC1C(C)C1CC(=O)NC(O)(C1)C(OC)/C=C/C=C(\C)C2. The maximum absolute atomic E-state index is 13.9. The third kappa shape index (κ3) is 7.66. The summed E-state index contributed by atoms with van der Waals surface area (Å²) >= 11 is 6.71. The summed E-state index contributed by atoms with van der Waals surface area (Å²) in [6.45, 7) is 7.14. The summed E-state index contributed by atoms with van der Waals surface area (Å²) in [5.41, 5.74) is -0.599. The third-order valence-electron chi connectivity index (χ3n) is 9.77. The number of epoxide rings is 1. The molecule has 0 saturated carbocycles. The largest absolute Gasteiger partial charge is 0.495 e. The predicted molar refractivity (Wildman–Crippen MR) is 175 cm³/mol. The van der Waals surface area contributed by atoms with Crippen LogP contribution in [0.4, 0.5) is 5.69 Å². The second-order valence-corrected chi connectivity index (χ2v) is 13.5. The third-order valence-corrected chi connectivity index (χ3v) is 10.2. The number of rotatable bonds is 6. The van der Waals surface area contributed by atoms with Crippen molar-refractivity contribution in [1.82, 2.24) is 10.2 Å². The Balaban J connectivity index is 1.80. The lowest BCUT2D eigenvalue weighted by Gasteiger charge is -2.42. The first-order valence-electron chi connectivity index (χ1n) is 15.7. The van der Waals surface area contributed by atoms with Crippen LogP contribution < -0.4 is 15.0 Å². The molecule has 2 saturated heterocycles. The topological polar surface area (TPSA) is 147 Å². The van der Waals surface area contributed by atoms with Gasteiger partial charge in [0.1, 0.15) is 34.6 Å². The highest BCUT2D eigenvalue weighted by molar-refractivity contribution is 6.35. The maximum atomic E-state index is 13.9. The molecule has 3 heterocycles. The number of hydrogen-bond acceptors (Lipinski definition) is 9. The molecular weight excluding hydrogens is 630 g/mol. The number of nitrogens with zero attached hydrogens (tertiary/aromatic N) is 2. The van der Waals surface area contributed by atoms with E-state index in [9.17, 15) is 24.3 Å². The first-order valence-corrected chi connectivity index (χ1v) is 16.0. The highest BCUT2D eigenvalue weighted by Crippen LogP contribution is 2.50. The lowest BCUT2D eigenvalue weighted by atomic mass is 9.75. The molecule has 7 unspecified atom stereocenters. The molecule has 0 radical (unpaired) electrons. The summed E-state index contributed by atoms with van der Waals surface area (Å²) in [5.74, 6) is -1.66. The molecule has 2 N–H and O–H groups in total. The van der Waals surface area contributed by atoms with Crippen molar-refractivity contribution in [2.75, 3.05) is 33.2 Å². The van der Waals surface area contributed by atoms with Crippen molar-refractivity contribution in [1.29, 1.82) is 0 Å². The van der Waals surface area contributed by atoms with Gasteiger partial charge in [0.05, 0.1) is 25.3 Å². The number of amides is 3. The number of hydrogen-bond donors (Lipinski definition) is 2. The van der Waals surface area contributed by atoms with E-state index in [1.54, 1.807) is 38.3 Å². The first kappa shape index (κ1) is 36.4. The zero-order valence-electron chi connectivity index (χ0n) is 28.2. The number of esters is 1. The molecule has 12 nitrogen and oxygen atoms in total. The Bertz CT molecular complexity index is 1450. The molecular formula is C34H46ClN3O9. The van der Waals surface area contributed by atoms with Gasteiger partial charge in [-0.25, -0.2) is 4.79 Å². The van der Waals surface area contributed by atoms with Gasteiger partial charge in [-0.15, -0.1) is 0 Å². The number of aliphatic hydroxyl groups is 1. The van der Waals surface area contributed by atoms with E-state index < -0.39 is 47.6 Å². The van der Waals surface area contributed by atoms with Crippen LogP contribution in [0.1, 0.15) is 52.5 Å². The molecule has 8 atom stereocenters. The van der Waals surface area contributed by atoms with Crippen LogP contribution in [0, 0.1) is 11.8 Å². The molecule has 0 aliphatic carbocycles. The second-order valence-electron chi connectivity index (χ2n) is 13.1. The number of nitrogens with one attached hydrogen (secondary N) is 1. The van der Waals surface area contributed by atoms with Crippen LogP contribution in [0.25, 0.3) is 0 Å². The summed E-state index contributed by atoms with van der Waals surface area (Å²) < 4.78 is 23.4. The number of ether oxygens (including phenoxy) is 4. The van der Waals surface area contributed by atoms with E-state index >= 15 is 0 Å². The Morgan fingerprint density at radius 2 is 1.98 bits per heavy atom. The monoisotopic (exact) mass is 675 g/mol. The Morgan fingerprint density at radius 3 is 2.62 bits per heavy atom. The first-order chi connectivity index (χ1) is 22.1. The number of fused-ring (bicyclic) bond motifs is 5. The molecule has 0 spiro atoms. The van der Waals surface area contributed by atoms with Gasteiger partial charge in [-0.2, -0.15) is 0 Å². The van der Waals surface area contributed by atoms with Crippen molar-refractivity contribution in [3.05, 3.63) is 46.5 Å². The molecule has 2 fully saturated rings. The van der Waals surface area contributed by atoms with E-state index in [0.29, 0.717) is 24.3 Å². The number of likely N-dealkylation sites (N-methyl/N-ethyl adjacent to an activating group) is 1. The van der Waals surface area contributed by atoms with Gasteiger partial charge in [0.2, 0.25) is 18.2 Å². The Morgan fingerprint density at radius 1 is 1.28 bits per heavy atom. The average Bonchev–Trinajstić information content (AvgIpc) is 3.73. The number of carbonyl (C=O) groups is 4. The molecule has 13 heteroatoms. The Labute approximate surface area is 281 Å². The molecule has 258 valence electrons. The minimum absolute atomic E-state index is 0.141. The standard InChI is InChI=1S/C34H46ClN3O9/c1-19-10-9-11-26(45-8)34(43)17-23(15-28(40)36-34)20(2)31-33(4,47-31)27(46-32(42)21(3)37(5)18-39)16-29(41)38(6)24-13-22(12-19)14-25(44-7)30(24)35/h9-11,13-14,18,20-21,23,26-27,31,43H,12,15-17H2,1-8H3,(H,36,40)/b11-9+,19-10+/t20?,21-,23?,26?,27?,31?,33?,34?/m0/s1. The highest BCUT2D eigenvalue weighted by Gasteiger charge is 2.64. The fraction of sp³-hybridized carbons (Fsp3) is 0.588. The quantitative estimate of drug-likeness (QED) is 0.264. The highest BCUT2D eigenvalue weighted by atomic mass is 35.5. The van der Waals surface area contributed by atoms with E-state index in [1.165, 1.54) is 38.0 Å². The van der Waals surface area contributed by atoms with Gasteiger partial charge < -0.3 is 39.2 Å². The van der Waals surface area contributed by atoms with Crippen molar-refractivity contribution < 1.29 is 43.2 Å². The van der Waals surface area contributed by atoms with E-state index in [1.807, 2.05) is 19.9 Å². The number of anilines is 1. The van der Waals surface area contributed by atoms with Crippen molar-refractivity contribution in [2.45, 2.75) is 89.1 Å². The van der Waals surface area contributed by atoms with Crippen LogP contribution in [-0.2, 0) is 39.8 Å². The number of methoxy groups -OCH3 is 2. The van der Waals surface area contributed by atoms with E-state index in [-0.39, 0.29) is 42.0 Å².